The van der Waals surface area contributed by atoms with E-state index in [1.165, 1.54) is 12.1 Å². The average molecular weight is 649 g/mol. The van der Waals surface area contributed by atoms with Crippen LogP contribution in [0.5, 0.6) is 0 Å². The number of hydrogen-bond donors (Lipinski definition) is 0. The number of carbonyl (C=O) groups is 2. The Labute approximate surface area is 280 Å². The molecule has 4 heterocycles. The molecule has 2 aliphatic heterocycles. The molecule has 0 radical (unpaired) electrons. The number of rotatable bonds is 7. The molecule has 2 amide bonds. The van der Waals surface area contributed by atoms with Crippen molar-refractivity contribution in [2.75, 3.05) is 46.3 Å². The molecular weight excluding hydrogens is 607 g/mol. The van der Waals surface area contributed by atoms with Crippen LogP contribution in [0.3, 0.4) is 0 Å². The van der Waals surface area contributed by atoms with Gasteiger partial charge in [0.25, 0.3) is 5.91 Å². The molecule has 0 aliphatic carbocycles. The highest BCUT2D eigenvalue weighted by atomic mass is 19.1. The summed E-state index contributed by atoms with van der Waals surface area (Å²) in [6.45, 7) is 7.22. The number of nitrogens with zero attached hydrogens (tertiary/aromatic N) is 6. The number of halogens is 1. The van der Waals surface area contributed by atoms with Gasteiger partial charge in [-0.1, -0.05) is 54.6 Å². The van der Waals surface area contributed by atoms with Gasteiger partial charge in [0.15, 0.2) is 0 Å². The number of aromatic nitrogens is 3. The fraction of sp³-hybridized carbons (Fsp3) is 0.342. The molecule has 0 N–H and O–H groups in total. The van der Waals surface area contributed by atoms with Crippen molar-refractivity contribution in [2.24, 2.45) is 5.92 Å². The highest BCUT2D eigenvalue weighted by Crippen LogP contribution is 2.36. The Balaban J connectivity index is 1.11. The maximum absolute atomic E-state index is 14.3. The smallest absolute Gasteiger partial charge is 0.410 e. The Hall–Kier alpha value is -4.96. The summed E-state index contributed by atoms with van der Waals surface area (Å²) in [4.78, 5) is 37.6. The second-order valence-electron chi connectivity index (χ2n) is 13.0. The maximum Gasteiger partial charge on any atom is 0.410 e. The average Bonchev–Trinajstić information content (AvgIpc) is 3.71. The molecule has 2 saturated heterocycles. The summed E-state index contributed by atoms with van der Waals surface area (Å²) < 4.78 is 23.0. The number of amides is 2. The van der Waals surface area contributed by atoms with Gasteiger partial charge in [0, 0.05) is 63.3 Å². The first-order chi connectivity index (χ1) is 23.4. The van der Waals surface area contributed by atoms with Gasteiger partial charge >= 0.3 is 6.09 Å². The third-order valence-corrected chi connectivity index (χ3v) is 9.88. The summed E-state index contributed by atoms with van der Waals surface area (Å²) in [6, 6.07) is 20.6. The molecule has 0 unspecified atom stereocenters. The fourth-order valence-electron chi connectivity index (χ4n) is 6.99. The number of likely N-dealkylation sites (tertiary alicyclic amines) is 1. The normalized spacial score (nSPS) is 16.1. The molecule has 0 spiro atoms. The van der Waals surface area contributed by atoms with Gasteiger partial charge in [0.1, 0.15) is 18.2 Å². The monoisotopic (exact) mass is 648 g/mol. The Morgan fingerprint density at radius 1 is 0.875 bits per heavy atom. The number of ether oxygens (including phenoxy) is 1. The van der Waals surface area contributed by atoms with Crippen LogP contribution in [0.15, 0.2) is 85.5 Å². The van der Waals surface area contributed by atoms with Crippen LogP contribution >= 0.6 is 0 Å². The molecule has 5 aromatic rings. The third-order valence-electron chi connectivity index (χ3n) is 9.88. The predicted octanol–water partition coefficient (Wildman–Crippen LogP) is 6.38. The number of benzene rings is 3. The summed E-state index contributed by atoms with van der Waals surface area (Å²) in [6.07, 6.45) is 7.16. The first-order valence-electron chi connectivity index (χ1n) is 16.7. The van der Waals surface area contributed by atoms with Gasteiger partial charge in [-0.25, -0.2) is 14.2 Å². The molecule has 9 nitrogen and oxygen atoms in total. The van der Waals surface area contributed by atoms with Crippen molar-refractivity contribution < 1.29 is 18.7 Å². The SMILES string of the molecule is Cc1c(C(=O)N2CCN(C)CC2)c(-c2cccc3ccccc23)cn1-c1cncn1CC1CCN(C(=O)OCc2ccc(F)cc2)CC1. The first-order valence-corrected chi connectivity index (χ1v) is 16.7. The third kappa shape index (κ3) is 6.44. The van der Waals surface area contributed by atoms with Crippen molar-refractivity contribution >= 4 is 22.8 Å². The number of carbonyl (C=O) groups excluding carboxylic acids is 2. The lowest BCUT2D eigenvalue weighted by molar-refractivity contribution is 0.0663. The molecule has 3 aromatic carbocycles. The standard InChI is InChI=1S/C38H41FN6O3/c1-27-36(37(46)42-20-18-41(2)19-21-42)34(33-9-5-7-30-6-3-4-8-32(30)33)24-45(27)35-22-40-26-44(35)23-28-14-16-43(17-15-28)38(47)48-25-29-10-12-31(39)13-11-29/h3-13,22,24,26,28H,14-21,23,25H2,1-2H3. The van der Waals surface area contributed by atoms with Crippen LogP contribution in [0.1, 0.15) is 34.5 Å². The minimum Gasteiger partial charge on any atom is -0.445 e. The second-order valence-corrected chi connectivity index (χ2v) is 13.0. The summed E-state index contributed by atoms with van der Waals surface area (Å²) in [7, 11) is 2.10. The lowest BCUT2D eigenvalue weighted by Gasteiger charge is -2.32. The molecule has 10 heteroatoms. The fourth-order valence-corrected chi connectivity index (χ4v) is 6.99. The van der Waals surface area contributed by atoms with Gasteiger partial charge in [0.05, 0.1) is 18.1 Å². The molecule has 248 valence electrons. The Morgan fingerprint density at radius 3 is 2.38 bits per heavy atom. The van der Waals surface area contributed by atoms with E-state index in [0.717, 1.165) is 77.0 Å². The molecule has 0 atom stereocenters. The van der Waals surface area contributed by atoms with Gasteiger partial charge < -0.3 is 28.6 Å². The number of piperazine rings is 1. The van der Waals surface area contributed by atoms with E-state index in [0.29, 0.717) is 32.1 Å². The van der Waals surface area contributed by atoms with Crippen molar-refractivity contribution in [1.29, 1.82) is 0 Å². The maximum atomic E-state index is 14.3. The van der Waals surface area contributed by atoms with Crippen LogP contribution in [0.25, 0.3) is 27.7 Å². The van der Waals surface area contributed by atoms with Gasteiger partial charge in [0.2, 0.25) is 0 Å². The topological polar surface area (TPSA) is 75.8 Å². The van der Waals surface area contributed by atoms with Crippen molar-refractivity contribution in [3.63, 3.8) is 0 Å². The molecule has 2 aromatic heterocycles. The van der Waals surface area contributed by atoms with Crippen LogP contribution < -0.4 is 0 Å². The van der Waals surface area contributed by atoms with Crippen molar-refractivity contribution in [2.45, 2.75) is 32.9 Å². The Morgan fingerprint density at radius 2 is 1.60 bits per heavy atom. The zero-order valence-corrected chi connectivity index (χ0v) is 27.5. The van der Waals surface area contributed by atoms with Crippen molar-refractivity contribution in [3.8, 4) is 16.9 Å². The Kier molecular flexibility index (Phi) is 8.99. The number of hydrogen-bond acceptors (Lipinski definition) is 5. The summed E-state index contributed by atoms with van der Waals surface area (Å²) in [5.41, 5.74) is 4.34. The number of likely N-dealkylation sites (N-methyl/N-ethyl adjacent to an activating group) is 1. The zero-order valence-electron chi connectivity index (χ0n) is 27.5. The summed E-state index contributed by atoms with van der Waals surface area (Å²) in [5, 5.41) is 2.25. The van der Waals surface area contributed by atoms with E-state index in [9.17, 15) is 14.0 Å². The van der Waals surface area contributed by atoms with E-state index in [1.807, 2.05) is 36.5 Å². The summed E-state index contributed by atoms with van der Waals surface area (Å²) >= 11 is 0. The van der Waals surface area contributed by atoms with Crippen LogP contribution in [-0.4, -0.2) is 87.1 Å². The van der Waals surface area contributed by atoms with Gasteiger partial charge in [-0.15, -0.1) is 0 Å². The van der Waals surface area contributed by atoms with Crippen LogP contribution in [-0.2, 0) is 17.9 Å². The molecule has 0 bridgehead atoms. The summed E-state index contributed by atoms with van der Waals surface area (Å²) in [5.74, 6) is 1.00. The van der Waals surface area contributed by atoms with Gasteiger partial charge in [-0.3, -0.25) is 4.79 Å². The molecule has 7 rings (SSSR count). The second kappa shape index (κ2) is 13.6. The van der Waals surface area contributed by atoms with Crippen molar-refractivity contribution in [3.05, 3.63) is 108 Å². The van der Waals surface area contributed by atoms with Crippen LogP contribution in [0, 0.1) is 18.7 Å². The molecule has 48 heavy (non-hydrogen) atoms. The van der Waals surface area contributed by atoms with E-state index in [2.05, 4.69) is 62.6 Å². The number of piperidine rings is 1. The van der Waals surface area contributed by atoms with Crippen molar-refractivity contribution in [1.82, 2.24) is 28.8 Å². The van der Waals surface area contributed by atoms with E-state index >= 15 is 0 Å². The first kappa shape index (κ1) is 31.6. The lowest BCUT2D eigenvalue weighted by atomic mass is 9.96. The van der Waals surface area contributed by atoms with Crippen LogP contribution in [0.2, 0.25) is 0 Å². The number of imidazole rings is 1. The highest BCUT2D eigenvalue weighted by molar-refractivity contribution is 6.07. The molecular formula is C38H41FN6O3. The van der Waals surface area contributed by atoms with Gasteiger partial charge in [-0.05, 0) is 66.8 Å². The lowest BCUT2D eigenvalue weighted by Crippen LogP contribution is -2.47. The van der Waals surface area contributed by atoms with Gasteiger partial charge in [-0.2, -0.15) is 0 Å². The largest absolute Gasteiger partial charge is 0.445 e. The molecule has 0 saturated carbocycles. The van der Waals surface area contributed by atoms with E-state index in [1.54, 1.807) is 17.0 Å². The van der Waals surface area contributed by atoms with E-state index in [-0.39, 0.29) is 24.4 Å². The van der Waals surface area contributed by atoms with E-state index < -0.39 is 0 Å². The minimum atomic E-state index is -0.345. The quantitative estimate of drug-likeness (QED) is 0.205. The molecule has 2 fully saturated rings. The Bertz CT molecular complexity index is 1910. The number of fused-ring (bicyclic) bond motifs is 1. The highest BCUT2D eigenvalue weighted by Gasteiger charge is 2.29. The van der Waals surface area contributed by atoms with E-state index in [4.69, 9.17) is 4.74 Å². The van der Waals surface area contributed by atoms with Crippen LogP contribution in [0.4, 0.5) is 9.18 Å². The predicted molar refractivity (Wildman–Crippen MR) is 184 cm³/mol. The zero-order chi connectivity index (χ0) is 33.2. The minimum absolute atomic E-state index is 0.0621. The molecule has 2 aliphatic rings.